The third-order valence-corrected chi connectivity index (χ3v) is 3.90. The summed E-state index contributed by atoms with van der Waals surface area (Å²) in [6.07, 6.45) is 7.17. The molecule has 1 N–H and O–H groups in total. The molecule has 1 aromatic carbocycles. The van der Waals surface area contributed by atoms with Gasteiger partial charge in [-0.1, -0.05) is 19.1 Å². The molecule has 1 aliphatic heterocycles. The topological polar surface area (TPSA) is 21.3 Å². The summed E-state index contributed by atoms with van der Waals surface area (Å²) in [5.41, 5.74) is 1.19. The molecule has 1 heterocycles. The molecule has 2 nitrogen and oxygen atoms in total. The molecule has 0 amide bonds. The Bertz CT molecular complexity index is 373. The van der Waals surface area contributed by atoms with Crippen LogP contribution < -0.4 is 5.32 Å². The van der Waals surface area contributed by atoms with Gasteiger partial charge in [-0.15, -0.1) is 0 Å². The summed E-state index contributed by atoms with van der Waals surface area (Å²) in [5, 5.41) is 3.61. The zero-order valence-electron chi connectivity index (χ0n) is 12.4. The van der Waals surface area contributed by atoms with Crippen LogP contribution in [0.15, 0.2) is 24.3 Å². The Hall–Kier alpha value is -0.930. The first-order valence-corrected chi connectivity index (χ1v) is 7.87. The minimum Gasteiger partial charge on any atom is -0.378 e. The fourth-order valence-corrected chi connectivity index (χ4v) is 2.80. The van der Waals surface area contributed by atoms with E-state index in [0.717, 1.165) is 32.4 Å². The van der Waals surface area contributed by atoms with Gasteiger partial charge in [0.1, 0.15) is 5.82 Å². The van der Waals surface area contributed by atoms with Crippen LogP contribution in [0.25, 0.3) is 0 Å². The van der Waals surface area contributed by atoms with Gasteiger partial charge in [-0.25, -0.2) is 4.39 Å². The van der Waals surface area contributed by atoms with Crippen molar-refractivity contribution in [2.75, 3.05) is 13.2 Å². The fraction of sp³-hybridized carbons (Fsp3) is 0.647. The summed E-state index contributed by atoms with van der Waals surface area (Å²) in [6.45, 7) is 4.11. The van der Waals surface area contributed by atoms with Gasteiger partial charge in [-0.05, 0) is 62.8 Å². The first kappa shape index (κ1) is 15.5. The van der Waals surface area contributed by atoms with E-state index in [9.17, 15) is 4.39 Å². The Labute approximate surface area is 121 Å². The van der Waals surface area contributed by atoms with E-state index in [0.29, 0.717) is 12.1 Å². The zero-order chi connectivity index (χ0) is 14.2. The van der Waals surface area contributed by atoms with Gasteiger partial charge in [0.2, 0.25) is 0 Å². The summed E-state index contributed by atoms with van der Waals surface area (Å²) >= 11 is 0. The van der Waals surface area contributed by atoms with Crippen molar-refractivity contribution in [2.24, 2.45) is 0 Å². The van der Waals surface area contributed by atoms with Gasteiger partial charge < -0.3 is 10.1 Å². The van der Waals surface area contributed by atoms with E-state index in [1.807, 2.05) is 12.1 Å². The van der Waals surface area contributed by atoms with Crippen molar-refractivity contribution in [1.29, 1.82) is 0 Å². The van der Waals surface area contributed by atoms with Crippen LogP contribution in [0.2, 0.25) is 0 Å². The lowest BCUT2D eigenvalue weighted by molar-refractivity contribution is 0.00526. The minimum atomic E-state index is -0.164. The van der Waals surface area contributed by atoms with Gasteiger partial charge in [-0.3, -0.25) is 0 Å². The molecule has 0 saturated carbocycles. The van der Waals surface area contributed by atoms with Crippen molar-refractivity contribution in [3.63, 3.8) is 0 Å². The van der Waals surface area contributed by atoms with E-state index in [1.54, 1.807) is 12.1 Å². The van der Waals surface area contributed by atoms with Crippen molar-refractivity contribution in [1.82, 2.24) is 5.32 Å². The Kier molecular flexibility index (Phi) is 6.48. The first-order chi connectivity index (χ1) is 9.78. The summed E-state index contributed by atoms with van der Waals surface area (Å²) in [5.74, 6) is -0.164. The first-order valence-electron chi connectivity index (χ1n) is 7.87. The molecule has 2 rings (SSSR count). The lowest BCUT2D eigenvalue weighted by Crippen LogP contribution is -2.36. The molecule has 0 aliphatic carbocycles. The Morgan fingerprint density at radius 2 is 2.10 bits per heavy atom. The summed E-state index contributed by atoms with van der Waals surface area (Å²) in [7, 11) is 0. The van der Waals surface area contributed by atoms with Gasteiger partial charge in [0, 0.05) is 12.6 Å². The highest BCUT2D eigenvalue weighted by Crippen LogP contribution is 2.19. The SMILES string of the molecule is CCCNC(Cc1ccc(F)cc1)CC1CCCCO1. The number of benzene rings is 1. The van der Waals surface area contributed by atoms with Crippen molar-refractivity contribution in [3.05, 3.63) is 35.6 Å². The predicted octanol–water partition coefficient (Wildman–Crippen LogP) is 3.70. The van der Waals surface area contributed by atoms with E-state index in [2.05, 4.69) is 12.2 Å². The summed E-state index contributed by atoms with van der Waals surface area (Å²) in [4.78, 5) is 0. The van der Waals surface area contributed by atoms with Crippen molar-refractivity contribution in [3.8, 4) is 0 Å². The number of ether oxygens (including phenoxy) is 1. The predicted molar refractivity (Wildman–Crippen MR) is 80.4 cm³/mol. The molecule has 2 unspecified atom stereocenters. The standard InChI is InChI=1S/C17H26FNO/c1-2-10-19-16(13-17-5-3-4-11-20-17)12-14-6-8-15(18)9-7-14/h6-9,16-17,19H,2-5,10-13H2,1H3. The van der Waals surface area contributed by atoms with Crippen LogP contribution in [0.4, 0.5) is 4.39 Å². The van der Waals surface area contributed by atoms with Crippen LogP contribution in [0.3, 0.4) is 0 Å². The van der Waals surface area contributed by atoms with E-state index in [4.69, 9.17) is 4.74 Å². The van der Waals surface area contributed by atoms with E-state index < -0.39 is 0 Å². The highest BCUT2D eigenvalue weighted by molar-refractivity contribution is 5.17. The monoisotopic (exact) mass is 279 g/mol. The molecule has 0 bridgehead atoms. The summed E-state index contributed by atoms with van der Waals surface area (Å²) < 4.78 is 18.8. The highest BCUT2D eigenvalue weighted by atomic mass is 19.1. The van der Waals surface area contributed by atoms with E-state index in [-0.39, 0.29) is 5.82 Å². The lowest BCUT2D eigenvalue weighted by Gasteiger charge is -2.27. The maximum atomic E-state index is 13.0. The molecule has 1 saturated heterocycles. The second-order valence-electron chi connectivity index (χ2n) is 5.71. The average molecular weight is 279 g/mol. The Morgan fingerprint density at radius 3 is 2.75 bits per heavy atom. The van der Waals surface area contributed by atoms with Gasteiger partial charge >= 0.3 is 0 Å². The van der Waals surface area contributed by atoms with Gasteiger partial charge in [0.05, 0.1) is 6.10 Å². The van der Waals surface area contributed by atoms with Crippen LogP contribution in [0.5, 0.6) is 0 Å². The molecule has 2 atom stereocenters. The second-order valence-corrected chi connectivity index (χ2v) is 5.71. The largest absolute Gasteiger partial charge is 0.378 e. The highest BCUT2D eigenvalue weighted by Gasteiger charge is 2.19. The maximum Gasteiger partial charge on any atom is 0.123 e. The van der Waals surface area contributed by atoms with Crippen molar-refractivity contribution >= 4 is 0 Å². The molecular formula is C17H26FNO. The molecule has 112 valence electrons. The van der Waals surface area contributed by atoms with E-state index in [1.165, 1.54) is 24.8 Å². The number of halogens is 1. The zero-order valence-corrected chi connectivity index (χ0v) is 12.4. The molecule has 0 aromatic heterocycles. The smallest absolute Gasteiger partial charge is 0.123 e. The molecule has 0 spiro atoms. The molecule has 1 aliphatic rings. The van der Waals surface area contributed by atoms with Crippen molar-refractivity contribution in [2.45, 2.75) is 57.6 Å². The number of rotatable bonds is 7. The Morgan fingerprint density at radius 1 is 1.30 bits per heavy atom. The molecule has 3 heteroatoms. The summed E-state index contributed by atoms with van der Waals surface area (Å²) in [6, 6.07) is 7.28. The molecule has 1 aromatic rings. The van der Waals surface area contributed by atoms with Crippen LogP contribution in [0.1, 0.15) is 44.6 Å². The molecule has 20 heavy (non-hydrogen) atoms. The number of hydrogen-bond donors (Lipinski definition) is 1. The van der Waals surface area contributed by atoms with Gasteiger partial charge in [0.25, 0.3) is 0 Å². The number of hydrogen-bond acceptors (Lipinski definition) is 2. The van der Waals surface area contributed by atoms with Crippen molar-refractivity contribution < 1.29 is 9.13 Å². The quantitative estimate of drug-likeness (QED) is 0.822. The third-order valence-electron chi connectivity index (χ3n) is 3.90. The van der Waals surface area contributed by atoms with Crippen LogP contribution in [-0.2, 0) is 11.2 Å². The van der Waals surface area contributed by atoms with Gasteiger partial charge in [-0.2, -0.15) is 0 Å². The minimum absolute atomic E-state index is 0.164. The molecule has 1 fully saturated rings. The molecular weight excluding hydrogens is 253 g/mol. The van der Waals surface area contributed by atoms with Gasteiger partial charge in [0.15, 0.2) is 0 Å². The lowest BCUT2D eigenvalue weighted by atomic mass is 9.96. The van der Waals surface area contributed by atoms with Crippen LogP contribution in [-0.4, -0.2) is 25.3 Å². The Balaban J connectivity index is 1.89. The van der Waals surface area contributed by atoms with Crippen LogP contribution >= 0.6 is 0 Å². The maximum absolute atomic E-state index is 13.0. The average Bonchev–Trinajstić information content (AvgIpc) is 2.48. The second kappa shape index (κ2) is 8.38. The number of nitrogens with one attached hydrogen (secondary N) is 1. The van der Waals surface area contributed by atoms with E-state index >= 15 is 0 Å². The van der Waals surface area contributed by atoms with Crippen LogP contribution in [0, 0.1) is 5.82 Å². The fourth-order valence-electron chi connectivity index (χ4n) is 2.80. The molecule has 0 radical (unpaired) electrons. The third kappa shape index (κ3) is 5.22. The normalized spacial score (nSPS) is 20.8.